The predicted octanol–water partition coefficient (Wildman–Crippen LogP) is 2.52. The van der Waals surface area contributed by atoms with E-state index in [1.807, 2.05) is 24.3 Å². The quantitative estimate of drug-likeness (QED) is 0.787. The lowest BCUT2D eigenvalue weighted by Crippen LogP contribution is -2.45. The number of nitrogens with zero attached hydrogens (tertiary/aromatic N) is 2. The van der Waals surface area contributed by atoms with Gasteiger partial charge in [0.15, 0.2) is 5.17 Å². The maximum atomic E-state index is 12.6. The molecule has 2 heterocycles. The molecule has 0 saturated carbocycles. The monoisotopic (exact) mass is 346 g/mol. The average molecular weight is 346 g/mol. The summed E-state index contributed by atoms with van der Waals surface area (Å²) in [7, 11) is 2.91. The number of hydrogen-bond donors (Lipinski definition) is 0. The lowest BCUT2D eigenvalue weighted by molar-refractivity contribution is -0.137. The molecule has 2 aliphatic heterocycles. The largest absolute Gasteiger partial charge is 0.497 e. The van der Waals surface area contributed by atoms with E-state index in [1.54, 1.807) is 18.9 Å². The van der Waals surface area contributed by atoms with Gasteiger partial charge >= 0.3 is 5.97 Å². The number of allylic oxidation sites excluding steroid dienone is 1. The fraction of sp³-hybridized carbons (Fsp3) is 0.353. The molecule has 0 aliphatic carbocycles. The van der Waals surface area contributed by atoms with Crippen LogP contribution in [0.4, 0.5) is 0 Å². The minimum atomic E-state index is -0.555. The highest BCUT2D eigenvalue weighted by Gasteiger charge is 2.41. The van der Waals surface area contributed by atoms with Gasteiger partial charge in [0.05, 0.1) is 31.5 Å². The van der Waals surface area contributed by atoms with Crippen LogP contribution in [0.1, 0.15) is 24.9 Å². The number of fused-ring (bicyclic) bond motifs is 1. The number of aliphatic imine (C=N–C) groups is 1. The smallest absolute Gasteiger partial charge is 0.338 e. The zero-order valence-electron chi connectivity index (χ0n) is 13.7. The molecular weight excluding hydrogens is 328 g/mol. The zero-order valence-corrected chi connectivity index (χ0v) is 14.6. The van der Waals surface area contributed by atoms with Gasteiger partial charge in [0.1, 0.15) is 5.75 Å². The number of amides is 1. The summed E-state index contributed by atoms with van der Waals surface area (Å²) < 4.78 is 10.2. The summed E-state index contributed by atoms with van der Waals surface area (Å²) in [5.74, 6) is 0.830. The van der Waals surface area contributed by atoms with Gasteiger partial charge in [-0.3, -0.25) is 9.69 Å². The first-order chi connectivity index (χ1) is 11.6. The Morgan fingerprint density at radius 3 is 2.88 bits per heavy atom. The molecule has 7 heteroatoms. The van der Waals surface area contributed by atoms with Crippen LogP contribution < -0.4 is 4.74 Å². The van der Waals surface area contributed by atoms with Crippen LogP contribution in [-0.2, 0) is 14.3 Å². The van der Waals surface area contributed by atoms with Crippen molar-refractivity contribution in [3.05, 3.63) is 41.1 Å². The zero-order chi connectivity index (χ0) is 17.3. The molecule has 0 spiro atoms. The van der Waals surface area contributed by atoms with Crippen LogP contribution >= 0.6 is 11.8 Å². The van der Waals surface area contributed by atoms with Gasteiger partial charge in [-0.25, -0.2) is 9.79 Å². The normalized spacial score (nSPS) is 20.5. The summed E-state index contributed by atoms with van der Waals surface area (Å²) in [5, 5.41) is 0.629. The van der Waals surface area contributed by atoms with Gasteiger partial charge in [0.2, 0.25) is 5.91 Å². The fourth-order valence-electron chi connectivity index (χ4n) is 2.89. The van der Waals surface area contributed by atoms with Gasteiger partial charge in [-0.2, -0.15) is 0 Å². The number of thioether (sulfide) groups is 1. The van der Waals surface area contributed by atoms with Gasteiger partial charge in [-0.1, -0.05) is 23.9 Å². The van der Waals surface area contributed by atoms with Gasteiger partial charge in [0.25, 0.3) is 0 Å². The Kier molecular flexibility index (Phi) is 4.62. The van der Waals surface area contributed by atoms with Crippen molar-refractivity contribution < 1.29 is 19.1 Å². The van der Waals surface area contributed by atoms with Crippen molar-refractivity contribution in [3.63, 3.8) is 0 Å². The minimum absolute atomic E-state index is 0.0470. The lowest BCUT2D eigenvalue weighted by atomic mass is 9.94. The van der Waals surface area contributed by atoms with Crippen molar-refractivity contribution in [2.24, 2.45) is 4.99 Å². The van der Waals surface area contributed by atoms with Crippen molar-refractivity contribution in [1.82, 2.24) is 4.90 Å². The fourth-order valence-corrected chi connectivity index (χ4v) is 3.90. The Morgan fingerprint density at radius 1 is 1.38 bits per heavy atom. The molecule has 0 unspecified atom stereocenters. The second-order valence-electron chi connectivity index (χ2n) is 5.43. The predicted molar refractivity (Wildman–Crippen MR) is 91.8 cm³/mol. The summed E-state index contributed by atoms with van der Waals surface area (Å²) in [5.41, 5.74) is 1.74. The first kappa shape index (κ1) is 16.6. The Balaban J connectivity index is 2.18. The Hall–Kier alpha value is -2.28. The summed E-state index contributed by atoms with van der Waals surface area (Å²) in [6, 6.07) is 6.81. The van der Waals surface area contributed by atoms with E-state index in [2.05, 4.69) is 4.99 Å². The molecule has 3 rings (SSSR count). The SMILES string of the molecule is COC(=O)C1=C(C)N=C2SCCC(=O)N2[C@@H]1c1cccc(OC)c1. The van der Waals surface area contributed by atoms with E-state index in [0.29, 0.717) is 34.4 Å². The van der Waals surface area contributed by atoms with Gasteiger partial charge in [0, 0.05) is 12.2 Å². The molecule has 126 valence electrons. The van der Waals surface area contributed by atoms with Gasteiger partial charge in [-0.15, -0.1) is 0 Å². The minimum Gasteiger partial charge on any atom is -0.497 e. The van der Waals surface area contributed by atoms with Gasteiger partial charge < -0.3 is 9.47 Å². The van der Waals surface area contributed by atoms with E-state index in [1.165, 1.54) is 18.9 Å². The van der Waals surface area contributed by atoms with Gasteiger partial charge in [-0.05, 0) is 24.6 Å². The molecule has 0 aromatic heterocycles. The number of amidine groups is 1. The Bertz CT molecular complexity index is 757. The molecule has 1 saturated heterocycles. The number of esters is 1. The van der Waals surface area contributed by atoms with E-state index in [9.17, 15) is 9.59 Å². The third-order valence-corrected chi connectivity index (χ3v) is 4.98. The number of methoxy groups -OCH3 is 2. The van der Waals surface area contributed by atoms with E-state index < -0.39 is 12.0 Å². The lowest BCUT2D eigenvalue weighted by Gasteiger charge is -2.38. The van der Waals surface area contributed by atoms with Crippen LogP contribution in [0.3, 0.4) is 0 Å². The van der Waals surface area contributed by atoms with Crippen molar-refractivity contribution >= 4 is 28.8 Å². The third-order valence-electron chi connectivity index (χ3n) is 4.02. The third kappa shape index (κ3) is 2.80. The second kappa shape index (κ2) is 6.68. The molecule has 24 heavy (non-hydrogen) atoms. The molecular formula is C17H18N2O4S. The summed E-state index contributed by atoms with van der Waals surface area (Å²) in [6.45, 7) is 1.77. The molecule has 0 radical (unpaired) electrons. The van der Waals surface area contributed by atoms with Crippen LogP contribution in [0.5, 0.6) is 5.75 Å². The molecule has 1 aromatic rings. The van der Waals surface area contributed by atoms with E-state index in [4.69, 9.17) is 9.47 Å². The van der Waals surface area contributed by atoms with E-state index >= 15 is 0 Å². The number of ether oxygens (including phenoxy) is 2. The molecule has 1 atom stereocenters. The van der Waals surface area contributed by atoms with Crippen LogP contribution in [0.2, 0.25) is 0 Å². The van der Waals surface area contributed by atoms with Crippen molar-refractivity contribution in [3.8, 4) is 5.75 Å². The standard InChI is InChI=1S/C17H18N2O4S/c1-10-14(16(21)23-3)15(11-5-4-6-12(9-11)22-2)19-13(20)7-8-24-17(19)18-10/h4-6,9,15H,7-8H2,1-3H3/t15-/m1/s1. The van der Waals surface area contributed by atoms with E-state index in [0.717, 1.165) is 5.56 Å². The maximum absolute atomic E-state index is 12.6. The van der Waals surface area contributed by atoms with Crippen molar-refractivity contribution in [2.45, 2.75) is 19.4 Å². The number of carbonyl (C=O) groups is 2. The molecule has 2 aliphatic rings. The highest BCUT2D eigenvalue weighted by atomic mass is 32.2. The average Bonchev–Trinajstić information content (AvgIpc) is 2.60. The van der Waals surface area contributed by atoms with Crippen LogP contribution in [0.15, 0.2) is 40.5 Å². The first-order valence-electron chi connectivity index (χ1n) is 7.53. The molecule has 0 N–H and O–H groups in total. The Labute approximate surface area is 144 Å². The number of carbonyl (C=O) groups excluding carboxylic acids is 2. The molecule has 1 amide bonds. The first-order valence-corrected chi connectivity index (χ1v) is 8.52. The summed E-state index contributed by atoms with van der Waals surface area (Å²) >= 11 is 1.52. The van der Waals surface area contributed by atoms with Crippen molar-refractivity contribution in [2.75, 3.05) is 20.0 Å². The van der Waals surface area contributed by atoms with Crippen molar-refractivity contribution in [1.29, 1.82) is 0 Å². The highest BCUT2D eigenvalue weighted by molar-refractivity contribution is 8.14. The topological polar surface area (TPSA) is 68.2 Å². The number of hydrogen-bond acceptors (Lipinski definition) is 6. The number of rotatable bonds is 3. The molecule has 1 fully saturated rings. The van der Waals surface area contributed by atoms with Crippen LogP contribution in [0.25, 0.3) is 0 Å². The van der Waals surface area contributed by atoms with E-state index in [-0.39, 0.29) is 5.91 Å². The molecule has 0 bridgehead atoms. The maximum Gasteiger partial charge on any atom is 0.338 e. The van der Waals surface area contributed by atoms with Crippen LogP contribution in [0, 0.1) is 0 Å². The molecule has 1 aromatic carbocycles. The summed E-state index contributed by atoms with van der Waals surface area (Å²) in [6.07, 6.45) is 0.414. The highest BCUT2D eigenvalue weighted by Crippen LogP contribution is 2.40. The van der Waals surface area contributed by atoms with Crippen LogP contribution in [-0.4, -0.2) is 41.9 Å². The Morgan fingerprint density at radius 2 is 2.17 bits per heavy atom. The number of benzene rings is 1. The second-order valence-corrected chi connectivity index (χ2v) is 6.49. The molecule has 6 nitrogen and oxygen atoms in total. The summed E-state index contributed by atoms with van der Waals surface area (Å²) in [4.78, 5) is 31.0.